The highest BCUT2D eigenvalue weighted by Gasteiger charge is 2.31. The maximum Gasteiger partial charge on any atom is 0.334 e. The third kappa shape index (κ3) is 5.45. The molecule has 0 aliphatic carbocycles. The summed E-state index contributed by atoms with van der Waals surface area (Å²) in [6, 6.07) is 9.15. The molecule has 0 saturated heterocycles. The SMILES string of the molecule is CCOP(=O)(CC(OC(C)=O)c1ccccc1)OCC. The van der Waals surface area contributed by atoms with Gasteiger partial charge in [-0.3, -0.25) is 9.36 Å². The molecule has 0 aliphatic heterocycles. The second-order valence-electron chi connectivity index (χ2n) is 4.14. The molecular formula is C14H21O5P. The Bertz CT molecular complexity index is 450. The zero-order chi connectivity index (χ0) is 15.0. The van der Waals surface area contributed by atoms with Crippen molar-refractivity contribution in [3.05, 3.63) is 35.9 Å². The normalized spacial score (nSPS) is 12.9. The van der Waals surface area contributed by atoms with Crippen LogP contribution in [0.2, 0.25) is 0 Å². The molecule has 0 bridgehead atoms. The van der Waals surface area contributed by atoms with E-state index in [1.807, 2.05) is 30.3 Å². The molecule has 1 aromatic carbocycles. The Morgan fingerprint density at radius 2 is 1.70 bits per heavy atom. The van der Waals surface area contributed by atoms with E-state index in [1.165, 1.54) is 6.92 Å². The fraction of sp³-hybridized carbons (Fsp3) is 0.500. The van der Waals surface area contributed by atoms with Gasteiger partial charge < -0.3 is 13.8 Å². The third-order valence-corrected chi connectivity index (χ3v) is 4.60. The number of ether oxygens (including phenoxy) is 1. The maximum atomic E-state index is 12.5. The van der Waals surface area contributed by atoms with Gasteiger partial charge in [-0.05, 0) is 19.4 Å². The van der Waals surface area contributed by atoms with Gasteiger partial charge in [-0.2, -0.15) is 0 Å². The molecule has 1 unspecified atom stereocenters. The smallest absolute Gasteiger partial charge is 0.334 e. The van der Waals surface area contributed by atoms with Crippen LogP contribution in [0, 0.1) is 0 Å². The van der Waals surface area contributed by atoms with Crippen molar-refractivity contribution in [1.29, 1.82) is 0 Å². The van der Waals surface area contributed by atoms with E-state index in [0.717, 1.165) is 5.56 Å². The number of benzene rings is 1. The van der Waals surface area contributed by atoms with Crippen LogP contribution in [0.4, 0.5) is 0 Å². The summed E-state index contributed by atoms with van der Waals surface area (Å²) in [7, 11) is -3.27. The average Bonchev–Trinajstić information content (AvgIpc) is 2.39. The van der Waals surface area contributed by atoms with Crippen LogP contribution in [0.15, 0.2) is 30.3 Å². The molecule has 0 amide bonds. The Hall–Kier alpha value is -1.16. The van der Waals surface area contributed by atoms with Crippen LogP contribution in [0.3, 0.4) is 0 Å². The quantitative estimate of drug-likeness (QED) is 0.542. The number of carbonyl (C=O) groups is 1. The molecule has 0 saturated carbocycles. The van der Waals surface area contributed by atoms with Crippen molar-refractivity contribution in [3.63, 3.8) is 0 Å². The zero-order valence-electron chi connectivity index (χ0n) is 12.1. The lowest BCUT2D eigenvalue weighted by Crippen LogP contribution is -2.15. The first kappa shape index (κ1) is 16.9. The minimum Gasteiger partial charge on any atom is -0.457 e. The molecule has 112 valence electrons. The summed E-state index contributed by atoms with van der Waals surface area (Å²) in [4.78, 5) is 11.2. The van der Waals surface area contributed by atoms with Crippen molar-refractivity contribution in [2.24, 2.45) is 0 Å². The maximum absolute atomic E-state index is 12.5. The fourth-order valence-electron chi connectivity index (χ4n) is 1.82. The van der Waals surface area contributed by atoms with E-state index in [4.69, 9.17) is 13.8 Å². The Labute approximate surface area is 119 Å². The minimum atomic E-state index is -3.27. The van der Waals surface area contributed by atoms with E-state index in [9.17, 15) is 9.36 Å². The molecule has 0 radical (unpaired) electrons. The lowest BCUT2D eigenvalue weighted by molar-refractivity contribution is -0.145. The summed E-state index contributed by atoms with van der Waals surface area (Å²) >= 11 is 0. The van der Waals surface area contributed by atoms with Gasteiger partial charge in [-0.15, -0.1) is 0 Å². The van der Waals surface area contributed by atoms with Crippen LogP contribution < -0.4 is 0 Å². The van der Waals surface area contributed by atoms with Gasteiger partial charge in [0.25, 0.3) is 0 Å². The Balaban J connectivity index is 2.93. The lowest BCUT2D eigenvalue weighted by atomic mass is 10.1. The van der Waals surface area contributed by atoms with Gasteiger partial charge in [0.2, 0.25) is 0 Å². The number of hydrogen-bond donors (Lipinski definition) is 0. The van der Waals surface area contributed by atoms with Crippen molar-refractivity contribution in [2.75, 3.05) is 19.4 Å². The topological polar surface area (TPSA) is 61.8 Å². The molecule has 1 aromatic rings. The van der Waals surface area contributed by atoms with Gasteiger partial charge in [0.15, 0.2) is 0 Å². The van der Waals surface area contributed by atoms with Crippen molar-refractivity contribution < 1.29 is 23.1 Å². The van der Waals surface area contributed by atoms with Crippen molar-refractivity contribution >= 4 is 13.6 Å². The third-order valence-electron chi connectivity index (χ3n) is 2.52. The number of carbonyl (C=O) groups excluding carboxylic acids is 1. The van der Waals surface area contributed by atoms with E-state index in [2.05, 4.69) is 0 Å². The molecule has 0 N–H and O–H groups in total. The van der Waals surface area contributed by atoms with Gasteiger partial charge in [0.05, 0.1) is 19.4 Å². The van der Waals surface area contributed by atoms with Crippen molar-refractivity contribution in [1.82, 2.24) is 0 Å². The summed E-state index contributed by atoms with van der Waals surface area (Å²) in [5, 5.41) is 0. The van der Waals surface area contributed by atoms with Gasteiger partial charge in [0.1, 0.15) is 6.10 Å². The first-order valence-corrected chi connectivity index (χ1v) is 8.33. The predicted octanol–water partition coefficient (Wildman–Crippen LogP) is 3.56. The Kier molecular flexibility index (Phi) is 6.93. The molecule has 0 aromatic heterocycles. The standard InChI is InChI=1S/C14H21O5P/c1-4-17-20(16,18-5-2)11-14(19-12(3)15)13-9-7-6-8-10-13/h6-10,14H,4-5,11H2,1-3H3. The zero-order valence-corrected chi connectivity index (χ0v) is 13.0. The molecule has 0 heterocycles. The molecule has 5 nitrogen and oxygen atoms in total. The molecule has 0 spiro atoms. The van der Waals surface area contributed by atoms with Crippen LogP contribution >= 0.6 is 7.60 Å². The second kappa shape index (κ2) is 8.20. The van der Waals surface area contributed by atoms with Crippen LogP contribution in [-0.2, 0) is 23.1 Å². The van der Waals surface area contributed by atoms with Gasteiger partial charge in [0, 0.05) is 6.92 Å². The number of rotatable bonds is 8. The number of hydrogen-bond acceptors (Lipinski definition) is 5. The van der Waals surface area contributed by atoms with Crippen molar-refractivity contribution in [3.8, 4) is 0 Å². The first-order chi connectivity index (χ1) is 9.50. The van der Waals surface area contributed by atoms with Crippen LogP contribution in [0.5, 0.6) is 0 Å². The molecule has 1 atom stereocenters. The number of esters is 1. The summed E-state index contributed by atoms with van der Waals surface area (Å²) in [6.45, 7) is 5.37. The largest absolute Gasteiger partial charge is 0.457 e. The Morgan fingerprint density at radius 1 is 1.15 bits per heavy atom. The fourth-order valence-corrected chi connectivity index (χ4v) is 3.58. The molecule has 0 fully saturated rings. The summed E-state index contributed by atoms with van der Waals surface area (Å²) < 4.78 is 28.3. The Morgan fingerprint density at radius 3 is 2.15 bits per heavy atom. The van der Waals surface area contributed by atoms with E-state index in [0.29, 0.717) is 0 Å². The van der Waals surface area contributed by atoms with E-state index < -0.39 is 19.7 Å². The molecular weight excluding hydrogens is 279 g/mol. The minimum absolute atomic E-state index is 0.0122. The van der Waals surface area contributed by atoms with Gasteiger partial charge in [-0.1, -0.05) is 30.3 Å². The summed E-state index contributed by atoms with van der Waals surface area (Å²) in [6.07, 6.45) is -0.629. The summed E-state index contributed by atoms with van der Waals surface area (Å²) in [5.41, 5.74) is 0.766. The molecule has 20 heavy (non-hydrogen) atoms. The van der Waals surface area contributed by atoms with Gasteiger partial charge >= 0.3 is 13.6 Å². The molecule has 0 aliphatic rings. The van der Waals surface area contributed by atoms with Crippen molar-refractivity contribution in [2.45, 2.75) is 26.9 Å². The predicted molar refractivity (Wildman–Crippen MR) is 76.7 cm³/mol. The van der Waals surface area contributed by atoms with E-state index in [-0.39, 0.29) is 19.4 Å². The highest BCUT2D eigenvalue weighted by atomic mass is 31.2. The monoisotopic (exact) mass is 300 g/mol. The molecule has 6 heteroatoms. The first-order valence-electron chi connectivity index (χ1n) is 6.61. The second-order valence-corrected chi connectivity index (χ2v) is 6.24. The van der Waals surface area contributed by atoms with Crippen LogP contribution in [0.1, 0.15) is 32.4 Å². The van der Waals surface area contributed by atoms with E-state index in [1.54, 1.807) is 13.8 Å². The summed E-state index contributed by atoms with van der Waals surface area (Å²) in [5.74, 6) is -0.432. The van der Waals surface area contributed by atoms with Crippen LogP contribution in [-0.4, -0.2) is 25.3 Å². The lowest BCUT2D eigenvalue weighted by Gasteiger charge is -2.23. The van der Waals surface area contributed by atoms with Crippen LogP contribution in [0.25, 0.3) is 0 Å². The average molecular weight is 300 g/mol. The molecule has 1 rings (SSSR count). The highest BCUT2D eigenvalue weighted by molar-refractivity contribution is 7.53. The van der Waals surface area contributed by atoms with E-state index >= 15 is 0 Å². The highest BCUT2D eigenvalue weighted by Crippen LogP contribution is 2.51. The van der Waals surface area contributed by atoms with Gasteiger partial charge in [-0.25, -0.2) is 0 Å².